The Kier molecular flexibility index (Phi) is 8.26. The lowest BCUT2D eigenvalue weighted by Crippen LogP contribution is -2.17. The molecular formula is C26H28FNO5P+. The predicted molar refractivity (Wildman–Crippen MR) is 131 cm³/mol. The number of carbonyl (C=O) groups is 2. The number of Topliss-reactive ketones (excluding diaryl/α,β-unsaturated/α-hetero) is 1. The van der Waals surface area contributed by atoms with E-state index >= 15 is 0 Å². The SMILES string of the molecule is CC(C)c1nc(-c2ccccc2)cc(-c2ccc(F)cc2)c1CC[P+](O)(O)CC(=O)CC(=O)O. The summed E-state index contributed by atoms with van der Waals surface area (Å²) in [5, 5.41) is 8.78. The van der Waals surface area contributed by atoms with Crippen molar-refractivity contribution in [3.63, 3.8) is 0 Å². The minimum Gasteiger partial charge on any atom is -0.481 e. The highest BCUT2D eigenvalue weighted by atomic mass is 31.2. The van der Waals surface area contributed by atoms with Gasteiger partial charge in [0.05, 0.1) is 5.69 Å². The van der Waals surface area contributed by atoms with E-state index in [2.05, 4.69) is 0 Å². The molecule has 0 amide bonds. The Morgan fingerprint density at radius 3 is 2.24 bits per heavy atom. The molecule has 2 aromatic carbocycles. The van der Waals surface area contributed by atoms with E-state index in [1.165, 1.54) is 12.1 Å². The summed E-state index contributed by atoms with van der Waals surface area (Å²) in [5.41, 5.74) is 4.80. The van der Waals surface area contributed by atoms with Gasteiger partial charge in [-0.25, -0.2) is 14.2 Å². The number of nitrogens with zero attached hydrogens (tertiary/aromatic N) is 1. The third-order valence-electron chi connectivity index (χ3n) is 5.43. The summed E-state index contributed by atoms with van der Waals surface area (Å²) in [6.07, 6.45) is -1.17. The van der Waals surface area contributed by atoms with Gasteiger partial charge in [-0.15, -0.1) is 0 Å². The van der Waals surface area contributed by atoms with Crippen molar-refractivity contribution in [3.05, 3.63) is 77.7 Å². The predicted octanol–water partition coefficient (Wildman–Crippen LogP) is 5.10. The van der Waals surface area contributed by atoms with E-state index in [1.54, 1.807) is 12.1 Å². The molecule has 1 aromatic heterocycles. The van der Waals surface area contributed by atoms with Crippen LogP contribution in [0.1, 0.15) is 37.4 Å². The fourth-order valence-corrected chi connectivity index (χ4v) is 5.27. The molecule has 0 unspecified atom stereocenters. The zero-order valence-corrected chi connectivity index (χ0v) is 20.0. The summed E-state index contributed by atoms with van der Waals surface area (Å²) in [7, 11) is -3.66. The normalized spacial score (nSPS) is 11.6. The lowest BCUT2D eigenvalue weighted by atomic mass is 9.91. The molecular weight excluding hydrogens is 456 g/mol. The maximum absolute atomic E-state index is 13.6. The number of hydrogen-bond acceptors (Lipinski definition) is 5. The maximum atomic E-state index is 13.6. The molecule has 34 heavy (non-hydrogen) atoms. The summed E-state index contributed by atoms with van der Waals surface area (Å²) >= 11 is 0. The van der Waals surface area contributed by atoms with Crippen molar-refractivity contribution in [2.24, 2.45) is 0 Å². The van der Waals surface area contributed by atoms with Crippen LogP contribution in [0.5, 0.6) is 0 Å². The molecule has 8 heteroatoms. The number of carbonyl (C=O) groups excluding carboxylic acids is 1. The highest BCUT2D eigenvalue weighted by molar-refractivity contribution is 7.65. The first kappa shape index (κ1) is 25.6. The Balaban J connectivity index is 2.04. The molecule has 6 nitrogen and oxygen atoms in total. The molecule has 0 saturated heterocycles. The number of benzene rings is 2. The van der Waals surface area contributed by atoms with E-state index in [9.17, 15) is 23.8 Å². The van der Waals surface area contributed by atoms with Crippen molar-refractivity contribution in [3.8, 4) is 22.4 Å². The van der Waals surface area contributed by atoms with Crippen molar-refractivity contribution in [1.29, 1.82) is 0 Å². The van der Waals surface area contributed by atoms with E-state index in [4.69, 9.17) is 10.1 Å². The minimum atomic E-state index is -3.66. The molecule has 1 heterocycles. The van der Waals surface area contributed by atoms with Crippen LogP contribution in [0.2, 0.25) is 0 Å². The Morgan fingerprint density at radius 1 is 1.00 bits per heavy atom. The van der Waals surface area contributed by atoms with Gasteiger partial charge in [0.25, 0.3) is 7.72 Å². The van der Waals surface area contributed by atoms with Crippen LogP contribution in [0.4, 0.5) is 4.39 Å². The number of aliphatic carboxylic acids is 1. The minimum absolute atomic E-state index is 0.0108. The highest BCUT2D eigenvalue weighted by Crippen LogP contribution is 2.51. The third-order valence-corrected chi connectivity index (χ3v) is 7.22. The van der Waals surface area contributed by atoms with Gasteiger partial charge in [-0.1, -0.05) is 56.3 Å². The Morgan fingerprint density at radius 2 is 1.65 bits per heavy atom. The first-order chi connectivity index (χ1) is 16.1. The van der Waals surface area contributed by atoms with Crippen LogP contribution < -0.4 is 0 Å². The van der Waals surface area contributed by atoms with Crippen LogP contribution in [0.25, 0.3) is 22.4 Å². The van der Waals surface area contributed by atoms with Gasteiger partial charge in [-0.3, -0.25) is 14.6 Å². The smallest absolute Gasteiger partial charge is 0.311 e. The van der Waals surface area contributed by atoms with Gasteiger partial charge in [0.15, 0.2) is 11.9 Å². The number of pyridine rings is 1. The van der Waals surface area contributed by atoms with Crippen LogP contribution in [0.3, 0.4) is 0 Å². The van der Waals surface area contributed by atoms with Gasteiger partial charge in [0.1, 0.15) is 18.4 Å². The van der Waals surface area contributed by atoms with E-state index in [0.29, 0.717) is 0 Å². The number of ketones is 1. The lowest BCUT2D eigenvalue weighted by molar-refractivity contribution is -0.139. The molecule has 0 aliphatic carbocycles. The van der Waals surface area contributed by atoms with E-state index in [0.717, 1.165) is 33.6 Å². The van der Waals surface area contributed by atoms with Crippen LogP contribution >= 0.6 is 7.72 Å². The topological polar surface area (TPSA) is 108 Å². The number of rotatable bonds is 10. The summed E-state index contributed by atoms with van der Waals surface area (Å²) < 4.78 is 13.6. The summed E-state index contributed by atoms with van der Waals surface area (Å²) in [6.45, 7) is 3.98. The molecule has 3 rings (SSSR count). The summed E-state index contributed by atoms with van der Waals surface area (Å²) in [5.74, 6) is -2.37. The van der Waals surface area contributed by atoms with Crippen molar-refractivity contribution in [2.45, 2.75) is 32.6 Å². The molecule has 178 valence electrons. The first-order valence-corrected chi connectivity index (χ1v) is 13.0. The molecule has 0 aliphatic rings. The first-order valence-electron chi connectivity index (χ1n) is 11.0. The number of carboxylic acid groups (broad SMARTS) is 1. The van der Waals surface area contributed by atoms with Crippen molar-refractivity contribution in [1.82, 2.24) is 4.98 Å². The average molecular weight is 484 g/mol. The van der Waals surface area contributed by atoms with Crippen LogP contribution in [-0.2, 0) is 16.0 Å². The third kappa shape index (κ3) is 6.76. The molecule has 0 aliphatic heterocycles. The Labute approximate surface area is 198 Å². The summed E-state index contributed by atoms with van der Waals surface area (Å²) in [6, 6.07) is 17.7. The lowest BCUT2D eigenvalue weighted by Gasteiger charge is -2.20. The van der Waals surface area contributed by atoms with Crippen LogP contribution in [-0.4, -0.2) is 44.0 Å². The fraction of sp³-hybridized carbons (Fsp3) is 0.269. The van der Waals surface area contributed by atoms with E-state index in [1.807, 2.05) is 50.2 Å². The standard InChI is InChI=1S/C26H27FNO5P/c1-17(2)26-22(12-13-34(32,33)16-21(29)14-25(30)31)23(18-8-10-20(27)11-9-18)15-24(28-26)19-6-4-3-5-7-19/h3-11,15,17,32-33H,12-14,16H2,1-2H3/p+1. The molecule has 3 aromatic rings. The van der Waals surface area contributed by atoms with Crippen molar-refractivity contribution < 1.29 is 28.9 Å². The van der Waals surface area contributed by atoms with Gasteiger partial charge in [-0.2, -0.15) is 0 Å². The molecule has 0 radical (unpaired) electrons. The Bertz CT molecular complexity index is 1160. The van der Waals surface area contributed by atoms with Gasteiger partial charge >= 0.3 is 5.97 Å². The molecule has 0 saturated carbocycles. The number of carboxylic acids is 1. The quantitative estimate of drug-likeness (QED) is 0.273. The van der Waals surface area contributed by atoms with E-state index < -0.39 is 32.1 Å². The highest BCUT2D eigenvalue weighted by Gasteiger charge is 2.37. The van der Waals surface area contributed by atoms with Gasteiger partial charge in [0, 0.05) is 17.7 Å². The van der Waals surface area contributed by atoms with Gasteiger partial charge in [-0.05, 0) is 40.8 Å². The second-order valence-electron chi connectivity index (χ2n) is 8.57. The maximum Gasteiger partial charge on any atom is 0.311 e. The zero-order chi connectivity index (χ0) is 24.9. The second-order valence-corrected chi connectivity index (χ2v) is 11.1. The molecule has 0 atom stereocenters. The van der Waals surface area contributed by atoms with Crippen LogP contribution in [0.15, 0.2) is 60.7 Å². The average Bonchev–Trinajstić information content (AvgIpc) is 2.77. The number of hydrogen-bond donors (Lipinski definition) is 3. The van der Waals surface area contributed by atoms with Crippen molar-refractivity contribution >= 4 is 19.5 Å². The zero-order valence-electron chi connectivity index (χ0n) is 19.1. The largest absolute Gasteiger partial charge is 0.481 e. The number of aromatic nitrogens is 1. The van der Waals surface area contributed by atoms with Crippen LogP contribution in [0, 0.1) is 5.82 Å². The Hall–Kier alpha value is -2.99. The monoisotopic (exact) mass is 484 g/mol. The van der Waals surface area contributed by atoms with Gasteiger partial charge in [0.2, 0.25) is 0 Å². The molecule has 0 bridgehead atoms. The molecule has 0 spiro atoms. The molecule has 0 fully saturated rings. The second kappa shape index (κ2) is 11.0. The van der Waals surface area contributed by atoms with Gasteiger partial charge < -0.3 is 5.11 Å². The summed E-state index contributed by atoms with van der Waals surface area (Å²) in [4.78, 5) is 48.5. The van der Waals surface area contributed by atoms with E-state index in [-0.39, 0.29) is 24.3 Å². The fourth-order valence-electron chi connectivity index (χ4n) is 3.85. The van der Waals surface area contributed by atoms with Crippen molar-refractivity contribution in [2.75, 3.05) is 12.3 Å². The molecule has 3 N–H and O–H groups in total. The number of halogens is 1.